The molecule has 0 fully saturated rings. The van der Waals surface area contributed by atoms with Gasteiger partial charge in [0, 0.05) is 12.6 Å². The molecule has 3 nitrogen and oxygen atoms in total. The Morgan fingerprint density at radius 3 is 3.18 bits per heavy atom. The summed E-state index contributed by atoms with van der Waals surface area (Å²) in [6.45, 7) is 2.81. The van der Waals surface area contributed by atoms with Crippen LogP contribution in [0, 0.1) is 11.7 Å². The van der Waals surface area contributed by atoms with Crippen molar-refractivity contribution in [3.05, 3.63) is 40.3 Å². The number of ether oxygens (including phenoxy) is 1. The molecule has 0 bridgehead atoms. The predicted molar refractivity (Wildman–Crippen MR) is 68.8 cm³/mol. The van der Waals surface area contributed by atoms with E-state index in [1.54, 1.807) is 6.20 Å². The molecular formula is C13H12N2OS. The topological polar surface area (TPSA) is 37.9 Å². The maximum Gasteiger partial charge on any atom is 0.197 e. The molecule has 0 amide bonds. The molecule has 1 aromatic carbocycles. The van der Waals surface area contributed by atoms with Crippen molar-refractivity contribution in [2.24, 2.45) is 0 Å². The molecule has 0 radical (unpaired) electrons. The highest BCUT2D eigenvalue weighted by Crippen LogP contribution is 2.30. The minimum Gasteiger partial charge on any atom is -0.493 e. The van der Waals surface area contributed by atoms with E-state index in [-0.39, 0.29) is 0 Å². The molecule has 0 saturated carbocycles. The lowest BCUT2D eigenvalue weighted by Gasteiger charge is -2.07. The molecular weight excluding hydrogens is 232 g/mol. The van der Waals surface area contributed by atoms with E-state index in [0.29, 0.717) is 4.77 Å². The Labute approximate surface area is 104 Å². The van der Waals surface area contributed by atoms with Crippen LogP contribution in [0.1, 0.15) is 11.1 Å². The quantitative estimate of drug-likeness (QED) is 0.783. The van der Waals surface area contributed by atoms with Crippen LogP contribution in [-0.4, -0.2) is 16.6 Å². The van der Waals surface area contributed by atoms with E-state index < -0.39 is 0 Å². The molecule has 17 heavy (non-hydrogen) atoms. The van der Waals surface area contributed by atoms with Crippen LogP contribution in [-0.2, 0) is 6.42 Å². The van der Waals surface area contributed by atoms with E-state index in [1.165, 1.54) is 5.56 Å². The van der Waals surface area contributed by atoms with Gasteiger partial charge in [0.15, 0.2) is 4.77 Å². The lowest BCUT2D eigenvalue weighted by Crippen LogP contribution is -1.92. The van der Waals surface area contributed by atoms with Crippen molar-refractivity contribution >= 4 is 12.2 Å². The van der Waals surface area contributed by atoms with Crippen molar-refractivity contribution < 1.29 is 4.74 Å². The first-order chi connectivity index (χ1) is 8.24. The Hall–Kier alpha value is -1.68. The number of rotatable bonds is 1. The van der Waals surface area contributed by atoms with Crippen LogP contribution < -0.4 is 4.74 Å². The molecule has 1 N–H and O–H groups in total. The number of H-pyrrole nitrogens is 1. The first-order valence-electron chi connectivity index (χ1n) is 5.56. The lowest BCUT2D eigenvalue weighted by molar-refractivity contribution is 0.357. The molecule has 2 aromatic rings. The van der Waals surface area contributed by atoms with E-state index in [0.717, 1.165) is 35.6 Å². The molecule has 3 rings (SSSR count). The van der Waals surface area contributed by atoms with E-state index >= 15 is 0 Å². The zero-order chi connectivity index (χ0) is 11.8. The van der Waals surface area contributed by atoms with Crippen LogP contribution in [0.25, 0.3) is 11.3 Å². The van der Waals surface area contributed by atoms with Crippen LogP contribution in [0.3, 0.4) is 0 Å². The first kappa shape index (κ1) is 10.5. The van der Waals surface area contributed by atoms with Crippen LogP contribution in [0.4, 0.5) is 0 Å². The third-order valence-electron chi connectivity index (χ3n) is 2.98. The molecule has 0 unspecified atom stereocenters. The zero-order valence-corrected chi connectivity index (χ0v) is 10.3. The molecule has 86 valence electrons. The summed E-state index contributed by atoms with van der Waals surface area (Å²) in [5, 5.41) is 0. The van der Waals surface area contributed by atoms with Gasteiger partial charge in [-0.05, 0) is 54.0 Å². The number of aromatic nitrogens is 2. The van der Waals surface area contributed by atoms with Gasteiger partial charge < -0.3 is 9.72 Å². The van der Waals surface area contributed by atoms with E-state index in [1.807, 2.05) is 13.0 Å². The van der Waals surface area contributed by atoms with Crippen LogP contribution >= 0.6 is 12.2 Å². The SMILES string of the molecule is Cc1cnc(=S)[nH]c1-c1ccc2c(c1)CCO2. The Morgan fingerprint density at radius 1 is 1.41 bits per heavy atom. The second kappa shape index (κ2) is 3.96. The maximum atomic E-state index is 5.50. The van der Waals surface area contributed by atoms with Gasteiger partial charge in [-0.3, -0.25) is 0 Å². The number of benzene rings is 1. The van der Waals surface area contributed by atoms with Gasteiger partial charge >= 0.3 is 0 Å². The third kappa shape index (κ3) is 1.85. The number of nitrogens with one attached hydrogen (secondary N) is 1. The fraction of sp³-hybridized carbons (Fsp3) is 0.231. The van der Waals surface area contributed by atoms with Gasteiger partial charge in [0.05, 0.1) is 12.3 Å². The van der Waals surface area contributed by atoms with Gasteiger partial charge in [0.2, 0.25) is 0 Å². The summed E-state index contributed by atoms with van der Waals surface area (Å²) in [5.41, 5.74) is 4.54. The molecule has 2 heterocycles. The number of aryl methyl sites for hydroxylation is 1. The van der Waals surface area contributed by atoms with E-state index in [9.17, 15) is 0 Å². The highest BCUT2D eigenvalue weighted by atomic mass is 32.1. The normalized spacial score (nSPS) is 13.2. The molecule has 0 aliphatic carbocycles. The summed E-state index contributed by atoms with van der Waals surface area (Å²) in [7, 11) is 0. The van der Waals surface area contributed by atoms with Gasteiger partial charge in [0.25, 0.3) is 0 Å². The summed E-state index contributed by atoms with van der Waals surface area (Å²) >= 11 is 5.07. The largest absolute Gasteiger partial charge is 0.493 e. The highest BCUT2D eigenvalue weighted by Gasteiger charge is 2.13. The molecule has 4 heteroatoms. The number of fused-ring (bicyclic) bond motifs is 1. The zero-order valence-electron chi connectivity index (χ0n) is 9.49. The number of hydrogen-bond acceptors (Lipinski definition) is 3. The molecule has 0 spiro atoms. The minimum absolute atomic E-state index is 0.516. The third-order valence-corrected chi connectivity index (χ3v) is 3.19. The average Bonchev–Trinajstić information content (AvgIpc) is 2.79. The summed E-state index contributed by atoms with van der Waals surface area (Å²) in [6.07, 6.45) is 2.78. The van der Waals surface area contributed by atoms with Crippen molar-refractivity contribution in [2.75, 3.05) is 6.61 Å². The van der Waals surface area contributed by atoms with E-state index in [4.69, 9.17) is 17.0 Å². The molecule has 0 atom stereocenters. The molecule has 1 aliphatic heterocycles. The van der Waals surface area contributed by atoms with Gasteiger partial charge in [-0.15, -0.1) is 0 Å². The number of hydrogen-bond donors (Lipinski definition) is 1. The predicted octanol–water partition coefficient (Wildman–Crippen LogP) is 3.05. The fourth-order valence-corrected chi connectivity index (χ4v) is 2.25. The lowest BCUT2D eigenvalue weighted by atomic mass is 10.0. The molecule has 0 saturated heterocycles. The smallest absolute Gasteiger partial charge is 0.197 e. The minimum atomic E-state index is 0.516. The van der Waals surface area contributed by atoms with Crippen molar-refractivity contribution in [3.63, 3.8) is 0 Å². The Bertz CT molecular complexity index is 634. The highest BCUT2D eigenvalue weighted by molar-refractivity contribution is 7.71. The number of nitrogens with zero attached hydrogens (tertiary/aromatic N) is 1. The summed E-state index contributed by atoms with van der Waals surface area (Å²) in [6, 6.07) is 6.24. The summed E-state index contributed by atoms with van der Waals surface area (Å²) in [5.74, 6) is 0.999. The average molecular weight is 244 g/mol. The van der Waals surface area contributed by atoms with Gasteiger partial charge in [-0.2, -0.15) is 0 Å². The van der Waals surface area contributed by atoms with Crippen LogP contribution in [0.15, 0.2) is 24.4 Å². The summed E-state index contributed by atoms with van der Waals surface area (Å²) < 4.78 is 6.02. The Morgan fingerprint density at radius 2 is 2.29 bits per heavy atom. The first-order valence-corrected chi connectivity index (χ1v) is 5.97. The molecule has 1 aromatic heterocycles. The van der Waals surface area contributed by atoms with Crippen LogP contribution in [0.5, 0.6) is 5.75 Å². The monoisotopic (exact) mass is 244 g/mol. The second-order valence-electron chi connectivity index (χ2n) is 4.17. The molecule has 1 aliphatic rings. The van der Waals surface area contributed by atoms with Crippen molar-refractivity contribution in [2.45, 2.75) is 13.3 Å². The van der Waals surface area contributed by atoms with Gasteiger partial charge in [-0.1, -0.05) is 0 Å². The van der Waals surface area contributed by atoms with Gasteiger partial charge in [0.1, 0.15) is 5.75 Å². The Kier molecular flexibility index (Phi) is 2.44. The Balaban J connectivity index is 2.15. The van der Waals surface area contributed by atoms with Crippen LogP contribution in [0.2, 0.25) is 0 Å². The summed E-state index contributed by atoms with van der Waals surface area (Å²) in [4.78, 5) is 7.22. The van der Waals surface area contributed by atoms with Crippen molar-refractivity contribution in [1.29, 1.82) is 0 Å². The standard InChI is InChI=1S/C13H12N2OS/c1-8-7-14-13(17)15-12(8)10-2-3-11-9(6-10)4-5-16-11/h2-3,6-7H,4-5H2,1H3,(H,14,15,17). The maximum absolute atomic E-state index is 5.50. The van der Waals surface area contributed by atoms with E-state index in [2.05, 4.69) is 22.1 Å². The second-order valence-corrected chi connectivity index (χ2v) is 4.55. The van der Waals surface area contributed by atoms with Crippen molar-refractivity contribution in [1.82, 2.24) is 9.97 Å². The van der Waals surface area contributed by atoms with Crippen molar-refractivity contribution in [3.8, 4) is 17.0 Å². The number of aromatic amines is 1. The van der Waals surface area contributed by atoms with Gasteiger partial charge in [-0.25, -0.2) is 4.98 Å². The fourth-order valence-electron chi connectivity index (χ4n) is 2.10.